The number of nitrogens with one attached hydrogen (secondary N) is 1. The van der Waals surface area contributed by atoms with E-state index in [2.05, 4.69) is 5.32 Å². The number of carbonyl (C=O) groups excluding carboxylic acids is 3. The first-order chi connectivity index (χ1) is 20.9. The molecule has 0 saturated carbocycles. The third-order valence-corrected chi connectivity index (χ3v) is 9.05. The molecule has 6 heteroatoms. The highest BCUT2D eigenvalue weighted by atomic mass is 16.5. The second-order valence-electron chi connectivity index (χ2n) is 11.6. The van der Waals surface area contributed by atoms with Gasteiger partial charge in [0.25, 0.3) is 0 Å². The zero-order valence-corrected chi connectivity index (χ0v) is 24.1. The molecule has 3 aliphatic heterocycles. The van der Waals surface area contributed by atoms with E-state index in [9.17, 15) is 9.59 Å². The van der Waals surface area contributed by atoms with E-state index in [1.807, 2.05) is 110 Å². The summed E-state index contributed by atoms with van der Waals surface area (Å²) < 4.78 is 5.88. The average Bonchev–Trinajstić information content (AvgIpc) is 3.52. The lowest BCUT2D eigenvalue weighted by Gasteiger charge is -2.38. The van der Waals surface area contributed by atoms with Gasteiger partial charge in [-0.05, 0) is 54.3 Å². The normalized spacial score (nSPS) is 23.0. The fourth-order valence-electron chi connectivity index (χ4n) is 7.19. The number of fused-ring (bicyclic) bond motifs is 6. The van der Waals surface area contributed by atoms with Gasteiger partial charge in [0.2, 0.25) is 5.91 Å². The number of ketones is 2. The Hall–Kier alpha value is -4.97. The fourth-order valence-corrected chi connectivity index (χ4v) is 7.19. The van der Waals surface area contributed by atoms with Crippen LogP contribution in [0, 0.1) is 12.8 Å². The minimum atomic E-state index is -1.36. The monoisotopic (exact) mass is 568 g/mol. The second-order valence-corrected chi connectivity index (χ2v) is 11.6. The third kappa shape index (κ3) is 4.04. The van der Waals surface area contributed by atoms with E-state index in [1.165, 1.54) is 0 Å². The lowest BCUT2D eigenvalue weighted by atomic mass is 9.62. The van der Waals surface area contributed by atoms with Crippen LogP contribution >= 0.6 is 0 Å². The summed E-state index contributed by atoms with van der Waals surface area (Å²) in [5, 5.41) is 3.10. The molecular formula is C37H32N2O4. The molecule has 7 rings (SSSR count). The number of anilines is 1. The van der Waals surface area contributed by atoms with E-state index in [-0.39, 0.29) is 17.5 Å². The maximum absolute atomic E-state index is 15.0. The number of nitrogens with zero attached hydrogens (tertiary/aromatic N) is 1. The minimum absolute atomic E-state index is 0.195. The van der Waals surface area contributed by atoms with Crippen molar-refractivity contribution in [3.05, 3.63) is 137 Å². The van der Waals surface area contributed by atoms with E-state index in [0.717, 1.165) is 28.7 Å². The Balaban J connectivity index is 1.49. The van der Waals surface area contributed by atoms with Crippen LogP contribution < -0.4 is 10.1 Å². The summed E-state index contributed by atoms with van der Waals surface area (Å²) in [5.41, 5.74) is 3.86. The van der Waals surface area contributed by atoms with E-state index < -0.39 is 23.4 Å². The van der Waals surface area contributed by atoms with Crippen molar-refractivity contribution in [1.82, 2.24) is 4.90 Å². The van der Waals surface area contributed by atoms with Gasteiger partial charge < -0.3 is 15.0 Å². The summed E-state index contributed by atoms with van der Waals surface area (Å²) in [6.07, 6.45) is 4.70. The molecule has 0 bridgehead atoms. The highest BCUT2D eigenvalue weighted by molar-refractivity contribution is 6.16. The Labute approximate surface area is 251 Å². The van der Waals surface area contributed by atoms with E-state index in [4.69, 9.17) is 4.74 Å². The molecule has 0 unspecified atom stereocenters. The summed E-state index contributed by atoms with van der Waals surface area (Å²) in [6, 6.07) is 28.5. The van der Waals surface area contributed by atoms with E-state index >= 15 is 4.79 Å². The summed E-state index contributed by atoms with van der Waals surface area (Å²) in [6.45, 7) is 4.52. The van der Waals surface area contributed by atoms with Gasteiger partial charge in [-0.25, -0.2) is 0 Å². The largest absolute Gasteiger partial charge is 0.494 e. The van der Waals surface area contributed by atoms with Crippen LogP contribution in [-0.4, -0.2) is 35.0 Å². The average molecular weight is 569 g/mol. The Morgan fingerprint density at radius 1 is 0.884 bits per heavy atom. The lowest BCUT2D eigenvalue weighted by Crippen LogP contribution is -2.49. The van der Waals surface area contributed by atoms with Crippen molar-refractivity contribution in [2.75, 3.05) is 11.9 Å². The SMILES string of the molecule is CCCOc1cccc(C(=O)[C@H]2[C@@H](C(=O)c3ccc(C)cc3)N3C=Cc4ccccc4[C@@H]3[C@]23C(=O)Nc2ccccc23)c1. The van der Waals surface area contributed by atoms with Crippen molar-refractivity contribution in [1.29, 1.82) is 0 Å². The fraction of sp³-hybridized carbons (Fsp3) is 0.216. The zero-order valence-electron chi connectivity index (χ0n) is 24.1. The first kappa shape index (κ1) is 26.9. The van der Waals surface area contributed by atoms with Gasteiger partial charge in [0.1, 0.15) is 17.2 Å². The smallest absolute Gasteiger partial charge is 0.238 e. The van der Waals surface area contributed by atoms with Gasteiger partial charge in [-0.15, -0.1) is 0 Å². The highest BCUT2D eigenvalue weighted by Crippen LogP contribution is 2.62. The molecule has 0 aromatic heterocycles. The molecule has 1 amide bonds. The van der Waals surface area contributed by atoms with E-state index in [0.29, 0.717) is 29.2 Å². The molecular weight excluding hydrogens is 536 g/mol. The van der Waals surface area contributed by atoms with Crippen molar-refractivity contribution < 1.29 is 19.1 Å². The Kier molecular flexibility index (Phi) is 6.50. The molecule has 1 saturated heterocycles. The number of Topliss-reactive ketones (excluding diaryl/α,β-unsaturated/α-hetero) is 2. The molecule has 3 aliphatic rings. The maximum Gasteiger partial charge on any atom is 0.238 e. The molecule has 4 aromatic rings. The number of hydrogen-bond acceptors (Lipinski definition) is 5. The number of carbonyl (C=O) groups is 3. The molecule has 214 valence electrons. The molecule has 0 radical (unpaired) electrons. The molecule has 3 heterocycles. The minimum Gasteiger partial charge on any atom is -0.494 e. The second kappa shape index (κ2) is 10.4. The molecule has 6 nitrogen and oxygen atoms in total. The number of aryl methyl sites for hydroxylation is 1. The van der Waals surface area contributed by atoms with Gasteiger partial charge in [0.05, 0.1) is 18.6 Å². The summed E-state index contributed by atoms with van der Waals surface area (Å²) in [5.74, 6) is -1.17. The van der Waals surface area contributed by atoms with Crippen LogP contribution in [0.2, 0.25) is 0 Å². The van der Waals surface area contributed by atoms with Gasteiger partial charge in [0, 0.05) is 23.0 Å². The quantitative estimate of drug-likeness (QED) is 0.249. The molecule has 4 atom stereocenters. The summed E-state index contributed by atoms with van der Waals surface area (Å²) >= 11 is 0. The number of hydrogen-bond donors (Lipinski definition) is 1. The molecule has 1 N–H and O–H groups in total. The van der Waals surface area contributed by atoms with Crippen molar-refractivity contribution in [3.63, 3.8) is 0 Å². The van der Waals surface area contributed by atoms with Gasteiger partial charge in [-0.3, -0.25) is 14.4 Å². The predicted molar refractivity (Wildman–Crippen MR) is 166 cm³/mol. The van der Waals surface area contributed by atoms with Crippen LogP contribution in [0.5, 0.6) is 5.75 Å². The van der Waals surface area contributed by atoms with E-state index in [1.54, 1.807) is 18.2 Å². The maximum atomic E-state index is 15.0. The molecule has 4 aromatic carbocycles. The van der Waals surface area contributed by atoms with Crippen molar-refractivity contribution in [2.45, 2.75) is 37.8 Å². The van der Waals surface area contributed by atoms with Gasteiger partial charge in [-0.2, -0.15) is 0 Å². The summed E-state index contributed by atoms with van der Waals surface area (Å²) in [7, 11) is 0. The van der Waals surface area contributed by atoms with Crippen LogP contribution in [0.3, 0.4) is 0 Å². The molecule has 1 spiro atoms. The topological polar surface area (TPSA) is 75.7 Å². The molecule has 43 heavy (non-hydrogen) atoms. The van der Waals surface area contributed by atoms with Crippen LogP contribution in [0.15, 0.2) is 103 Å². The highest BCUT2D eigenvalue weighted by Gasteiger charge is 2.70. The Morgan fingerprint density at radius 3 is 2.47 bits per heavy atom. The van der Waals surface area contributed by atoms with Crippen molar-refractivity contribution in [3.8, 4) is 5.75 Å². The number of ether oxygens (including phenoxy) is 1. The third-order valence-electron chi connectivity index (χ3n) is 9.05. The number of benzene rings is 4. The van der Waals surface area contributed by atoms with Gasteiger partial charge in [0.15, 0.2) is 11.6 Å². The van der Waals surface area contributed by atoms with Crippen LogP contribution in [0.1, 0.15) is 62.4 Å². The standard InChI is InChI=1S/C37H32N2O4/c1-3-21-43-27-11-8-10-26(22-27)33(40)31-32(34(41)25-17-15-23(2)16-18-25)39-20-19-24-9-4-5-12-28(24)35(39)37(31)29-13-6-7-14-30(29)38-36(37)42/h4-20,22,31-32,35H,3,21H2,1-2H3,(H,38,42)/t31-,32+,35-,37-/m1/s1. The number of rotatable bonds is 7. The first-order valence-corrected chi connectivity index (χ1v) is 14.8. The van der Waals surface area contributed by atoms with Crippen LogP contribution in [-0.2, 0) is 10.2 Å². The summed E-state index contributed by atoms with van der Waals surface area (Å²) in [4.78, 5) is 46.2. The Morgan fingerprint density at radius 2 is 1.65 bits per heavy atom. The van der Waals surface area contributed by atoms with Gasteiger partial charge in [-0.1, -0.05) is 91.3 Å². The predicted octanol–water partition coefficient (Wildman–Crippen LogP) is 6.77. The zero-order chi connectivity index (χ0) is 29.7. The van der Waals surface area contributed by atoms with Crippen molar-refractivity contribution in [2.24, 2.45) is 5.92 Å². The number of amides is 1. The number of para-hydroxylation sites is 1. The Bertz CT molecular complexity index is 1790. The lowest BCUT2D eigenvalue weighted by molar-refractivity contribution is -0.122. The van der Waals surface area contributed by atoms with Crippen LogP contribution in [0.25, 0.3) is 6.08 Å². The first-order valence-electron chi connectivity index (χ1n) is 14.8. The molecule has 0 aliphatic carbocycles. The molecule has 1 fully saturated rings. The van der Waals surface area contributed by atoms with Crippen molar-refractivity contribution >= 4 is 29.2 Å². The van der Waals surface area contributed by atoms with Gasteiger partial charge >= 0.3 is 0 Å². The van der Waals surface area contributed by atoms with Crippen LogP contribution in [0.4, 0.5) is 5.69 Å².